The van der Waals surface area contributed by atoms with Gasteiger partial charge in [-0.15, -0.1) is 0 Å². The molecule has 3 aromatic heterocycles. The Balaban J connectivity index is 1.44. The van der Waals surface area contributed by atoms with Crippen LogP contribution in [-0.2, 0) is 10.0 Å². The number of allylic oxidation sites excluding steroid dienone is 2. The lowest BCUT2D eigenvalue weighted by atomic mass is 9.96. The topological polar surface area (TPSA) is 138 Å². The number of aromatic nitrogens is 4. The summed E-state index contributed by atoms with van der Waals surface area (Å²) in [4.78, 5) is 30.2. The van der Waals surface area contributed by atoms with Crippen molar-refractivity contribution in [1.29, 1.82) is 0 Å². The fourth-order valence-electron chi connectivity index (χ4n) is 8.32. The van der Waals surface area contributed by atoms with Crippen molar-refractivity contribution in [2.75, 3.05) is 14.1 Å². The Labute approximate surface area is 365 Å². The van der Waals surface area contributed by atoms with Crippen molar-refractivity contribution < 1.29 is 13.3 Å². The number of sulfonamides is 1. The molecular weight excluding hydrogens is 805 g/mol. The number of nitro groups is 1. The van der Waals surface area contributed by atoms with E-state index in [1.165, 1.54) is 26.2 Å². The molecule has 11 heteroatoms. The number of aromatic amines is 2. The lowest BCUT2D eigenvalue weighted by Crippen LogP contribution is -2.29. The van der Waals surface area contributed by atoms with Gasteiger partial charge in [0.15, 0.2) is 0 Å². The molecule has 9 rings (SSSR count). The highest BCUT2D eigenvalue weighted by Gasteiger charge is 2.35. The zero-order chi connectivity index (χ0) is 43.8. The summed E-state index contributed by atoms with van der Waals surface area (Å²) in [5, 5.41) is 11.4. The number of hydrogen-bond donors (Lipinski definition) is 2. The highest BCUT2D eigenvalue weighted by atomic mass is 32.2. The molecule has 0 saturated carbocycles. The predicted molar refractivity (Wildman–Crippen MR) is 257 cm³/mol. The molecule has 63 heavy (non-hydrogen) atoms. The third-order valence-corrected chi connectivity index (χ3v) is 13.6. The second kappa shape index (κ2) is 16.6. The monoisotopic (exact) mass is 846 g/mol. The van der Waals surface area contributed by atoms with E-state index in [0.717, 1.165) is 65.6 Å². The second-order valence-corrected chi connectivity index (χ2v) is 17.8. The minimum absolute atomic E-state index is 0.0263. The Bertz CT molecular complexity index is 3280. The van der Waals surface area contributed by atoms with E-state index in [4.69, 9.17) is 9.97 Å². The SMILES string of the molecule is C=CC(=C)CC(c1cc(-c2c3nc(c(-c4ccccc4)c4ccc([nH]4)c(-c4ccccc4)c4nc(c(-c5ccccc5)c5ccc2[nH]5)C=C4)C=C3)ccc1[N+](=O)[O-])S(=O)(=O)N(C)C. The molecular formula is C52H42N6O4S. The van der Waals surface area contributed by atoms with E-state index < -0.39 is 20.2 Å². The van der Waals surface area contributed by atoms with Gasteiger partial charge in [0.05, 0.1) is 33.3 Å². The quantitative estimate of drug-likeness (QED) is 0.0755. The Morgan fingerprint density at radius 3 is 1.37 bits per heavy atom. The molecule has 0 aliphatic carbocycles. The van der Waals surface area contributed by atoms with Crippen molar-refractivity contribution in [2.45, 2.75) is 11.7 Å². The van der Waals surface area contributed by atoms with Crippen molar-refractivity contribution in [3.8, 4) is 44.5 Å². The third-order valence-electron chi connectivity index (χ3n) is 11.4. The maximum atomic E-state index is 14.0. The van der Waals surface area contributed by atoms with Crippen molar-refractivity contribution >= 4 is 62.1 Å². The molecule has 2 N–H and O–H groups in total. The summed E-state index contributed by atoms with van der Waals surface area (Å²) < 4.78 is 29.2. The average Bonchev–Trinajstić information content (AvgIpc) is 4.15. The van der Waals surface area contributed by atoms with Crippen molar-refractivity contribution in [3.63, 3.8) is 0 Å². The second-order valence-electron chi connectivity index (χ2n) is 15.5. The van der Waals surface area contributed by atoms with Gasteiger partial charge in [-0.1, -0.05) is 116 Å². The standard InChI is InChI=1S/C52H42N6O4S/c1-5-33(2)31-48(63(61,62)57(3)4)38-32-37(21-30-47(38)58(59)60)52-45-28-26-43(55-45)50(35-17-11-7-12-18-35)41-24-22-39(53-41)49(34-15-9-6-10-16-34)40-23-25-42(54-40)51(36-19-13-8-14-20-36)44-27-29-46(52)56-44/h5-30,32,48,53,56H,1-2,31H2,3-4H3. The number of nitro benzene ring substituents is 1. The highest BCUT2D eigenvalue weighted by molar-refractivity contribution is 7.89. The molecule has 7 aromatic rings. The third kappa shape index (κ3) is 7.64. The van der Waals surface area contributed by atoms with Gasteiger partial charge in [-0.05, 0) is 89.4 Å². The van der Waals surface area contributed by atoms with E-state index in [0.29, 0.717) is 33.6 Å². The first-order valence-corrected chi connectivity index (χ1v) is 21.8. The van der Waals surface area contributed by atoms with Crippen LogP contribution in [0.2, 0.25) is 0 Å². The molecule has 8 bridgehead atoms. The maximum Gasteiger partial charge on any atom is 0.274 e. The summed E-state index contributed by atoms with van der Waals surface area (Å²) in [5.74, 6) is 0. The summed E-state index contributed by atoms with van der Waals surface area (Å²) in [6.45, 7) is 7.78. The van der Waals surface area contributed by atoms with Gasteiger partial charge in [-0.2, -0.15) is 0 Å². The molecule has 0 saturated heterocycles. The van der Waals surface area contributed by atoms with E-state index in [1.54, 1.807) is 12.1 Å². The summed E-state index contributed by atoms with van der Waals surface area (Å²) >= 11 is 0. The van der Waals surface area contributed by atoms with Crippen molar-refractivity contribution in [3.05, 3.63) is 197 Å². The lowest BCUT2D eigenvalue weighted by molar-refractivity contribution is -0.385. The van der Waals surface area contributed by atoms with E-state index in [-0.39, 0.29) is 17.7 Å². The predicted octanol–water partition coefficient (Wildman–Crippen LogP) is 12.3. The first kappa shape index (κ1) is 40.7. The summed E-state index contributed by atoms with van der Waals surface area (Å²) in [5.41, 5.74) is 12.8. The number of hydrogen-bond acceptors (Lipinski definition) is 6. The fraction of sp³-hybridized carbons (Fsp3) is 0.0769. The van der Waals surface area contributed by atoms with E-state index in [2.05, 4.69) is 47.4 Å². The molecule has 5 heterocycles. The van der Waals surface area contributed by atoms with Gasteiger partial charge in [0.2, 0.25) is 10.0 Å². The van der Waals surface area contributed by atoms with Crippen LogP contribution in [0.1, 0.15) is 40.0 Å². The van der Waals surface area contributed by atoms with Gasteiger partial charge in [-0.25, -0.2) is 22.7 Å². The van der Waals surface area contributed by atoms with Crippen LogP contribution in [0.4, 0.5) is 5.69 Å². The molecule has 2 aliphatic heterocycles. The van der Waals surface area contributed by atoms with Gasteiger partial charge in [0, 0.05) is 64.5 Å². The minimum atomic E-state index is -4.10. The van der Waals surface area contributed by atoms with Crippen molar-refractivity contribution in [1.82, 2.24) is 24.2 Å². The summed E-state index contributed by atoms with van der Waals surface area (Å²) in [6.07, 6.45) is 9.35. The van der Waals surface area contributed by atoms with Crippen LogP contribution in [0.25, 0.3) is 90.9 Å². The van der Waals surface area contributed by atoms with E-state index in [9.17, 15) is 18.5 Å². The van der Waals surface area contributed by atoms with E-state index >= 15 is 0 Å². The van der Waals surface area contributed by atoms with E-state index in [1.807, 2.05) is 115 Å². The molecule has 310 valence electrons. The minimum Gasteiger partial charge on any atom is -0.354 e. The van der Waals surface area contributed by atoms with Crippen molar-refractivity contribution in [2.24, 2.45) is 0 Å². The molecule has 10 nitrogen and oxygen atoms in total. The molecule has 2 aliphatic rings. The number of nitrogens with zero attached hydrogens (tertiary/aromatic N) is 4. The largest absolute Gasteiger partial charge is 0.354 e. The van der Waals surface area contributed by atoms with Crippen LogP contribution in [0, 0.1) is 10.1 Å². The zero-order valence-corrected chi connectivity index (χ0v) is 35.4. The first-order valence-electron chi connectivity index (χ1n) is 20.3. The molecule has 4 aromatic carbocycles. The van der Waals surface area contributed by atoms with Crippen LogP contribution < -0.4 is 0 Å². The van der Waals surface area contributed by atoms with Crippen LogP contribution in [-0.4, -0.2) is 51.7 Å². The van der Waals surface area contributed by atoms with Gasteiger partial charge in [0.25, 0.3) is 5.69 Å². The first-order chi connectivity index (χ1) is 30.5. The Kier molecular flexibility index (Phi) is 10.7. The number of H-pyrrole nitrogens is 2. The maximum absolute atomic E-state index is 14.0. The summed E-state index contributed by atoms with van der Waals surface area (Å²) in [7, 11) is -1.27. The van der Waals surface area contributed by atoms with Gasteiger partial charge >= 0.3 is 0 Å². The number of nitrogens with one attached hydrogen (secondary N) is 2. The Hall–Kier alpha value is -7.73. The van der Waals surface area contributed by atoms with Crippen LogP contribution >= 0.6 is 0 Å². The normalized spacial score (nSPS) is 12.7. The molecule has 0 amide bonds. The van der Waals surface area contributed by atoms with Crippen LogP contribution in [0.15, 0.2) is 158 Å². The molecule has 0 radical (unpaired) electrons. The molecule has 0 fully saturated rings. The van der Waals surface area contributed by atoms with Gasteiger partial charge < -0.3 is 9.97 Å². The Morgan fingerprint density at radius 2 is 1.02 bits per heavy atom. The molecule has 0 spiro atoms. The molecule has 1 atom stereocenters. The summed E-state index contributed by atoms with van der Waals surface area (Å²) in [6, 6.07) is 43.0. The lowest BCUT2D eigenvalue weighted by Gasteiger charge is -2.23. The smallest absolute Gasteiger partial charge is 0.274 e. The number of rotatable bonds is 11. The van der Waals surface area contributed by atoms with Crippen LogP contribution in [0.3, 0.4) is 0 Å². The average molecular weight is 847 g/mol. The highest BCUT2D eigenvalue weighted by Crippen LogP contribution is 2.42. The number of benzene rings is 4. The molecule has 1 unspecified atom stereocenters. The van der Waals surface area contributed by atoms with Gasteiger partial charge in [0.1, 0.15) is 5.25 Å². The van der Waals surface area contributed by atoms with Crippen LogP contribution in [0.5, 0.6) is 0 Å². The number of fused-ring (bicyclic) bond motifs is 8. The zero-order valence-electron chi connectivity index (χ0n) is 34.6. The van der Waals surface area contributed by atoms with Gasteiger partial charge in [-0.3, -0.25) is 10.1 Å². The fourth-order valence-corrected chi connectivity index (χ4v) is 9.76. The Morgan fingerprint density at radius 1 is 0.635 bits per heavy atom.